The van der Waals surface area contributed by atoms with Crippen molar-refractivity contribution in [1.29, 1.82) is 0 Å². The molecule has 162 valence electrons. The van der Waals surface area contributed by atoms with Crippen LogP contribution in [0.1, 0.15) is 23.3 Å². The summed E-state index contributed by atoms with van der Waals surface area (Å²) in [5, 5.41) is 6.51. The molecule has 0 saturated heterocycles. The number of thiophene rings is 1. The summed E-state index contributed by atoms with van der Waals surface area (Å²) < 4.78 is 44.4. The Kier molecular flexibility index (Phi) is 5.70. The number of benzene rings is 1. The summed E-state index contributed by atoms with van der Waals surface area (Å²) in [6.45, 7) is 3.98. The van der Waals surface area contributed by atoms with Crippen LogP contribution >= 0.6 is 11.3 Å². The minimum Gasteiger partial charge on any atom is -0.486 e. The molecule has 1 aliphatic rings. The maximum Gasteiger partial charge on any atom is 0.271 e. The van der Waals surface area contributed by atoms with Crippen LogP contribution in [0.4, 0.5) is 11.4 Å². The van der Waals surface area contributed by atoms with Crippen LogP contribution in [0.2, 0.25) is 0 Å². The fourth-order valence-corrected chi connectivity index (χ4v) is 5.15. The Hall–Kier alpha value is -3.31. The van der Waals surface area contributed by atoms with Crippen LogP contribution in [0.25, 0.3) is 12.2 Å². The van der Waals surface area contributed by atoms with Gasteiger partial charge in [0.15, 0.2) is 17.3 Å². The summed E-state index contributed by atoms with van der Waals surface area (Å²) in [4.78, 5) is 12.0. The van der Waals surface area contributed by atoms with Gasteiger partial charge in [-0.2, -0.15) is 0 Å². The first kappa shape index (κ1) is 20.9. The summed E-state index contributed by atoms with van der Waals surface area (Å²) in [6, 6.07) is 8.08. The number of sulfonamides is 1. The molecule has 9 nitrogen and oxygen atoms in total. The van der Waals surface area contributed by atoms with E-state index in [9.17, 15) is 13.2 Å². The van der Waals surface area contributed by atoms with Gasteiger partial charge in [0.05, 0.1) is 5.69 Å². The van der Waals surface area contributed by atoms with Gasteiger partial charge in [-0.3, -0.25) is 9.52 Å². The molecule has 0 atom stereocenters. The van der Waals surface area contributed by atoms with Gasteiger partial charge in [0.25, 0.3) is 10.0 Å². The second-order valence-corrected chi connectivity index (χ2v) is 9.67. The molecular weight excluding hydrogens is 442 g/mol. The fourth-order valence-electron chi connectivity index (χ4n) is 2.87. The summed E-state index contributed by atoms with van der Waals surface area (Å²) >= 11 is 1.09. The van der Waals surface area contributed by atoms with Crippen molar-refractivity contribution in [3.63, 3.8) is 0 Å². The number of nitrogens with one attached hydrogen (secondary N) is 2. The molecule has 11 heteroatoms. The van der Waals surface area contributed by atoms with Crippen molar-refractivity contribution in [2.75, 3.05) is 23.3 Å². The van der Waals surface area contributed by atoms with Crippen molar-refractivity contribution in [3.05, 3.63) is 46.7 Å². The number of anilines is 2. The van der Waals surface area contributed by atoms with Gasteiger partial charge < -0.3 is 19.3 Å². The second-order valence-electron chi connectivity index (χ2n) is 6.64. The number of ether oxygens (including phenoxy) is 2. The van der Waals surface area contributed by atoms with E-state index >= 15 is 0 Å². The van der Waals surface area contributed by atoms with Crippen LogP contribution in [-0.2, 0) is 14.8 Å². The Labute approximate surface area is 182 Å². The van der Waals surface area contributed by atoms with E-state index in [1.807, 2.05) is 0 Å². The third-order valence-corrected chi connectivity index (χ3v) is 7.17. The van der Waals surface area contributed by atoms with Crippen molar-refractivity contribution >= 4 is 50.8 Å². The van der Waals surface area contributed by atoms with Crippen LogP contribution in [-0.4, -0.2) is 32.7 Å². The molecule has 0 unspecified atom stereocenters. The first-order chi connectivity index (χ1) is 14.8. The highest BCUT2D eigenvalue weighted by Crippen LogP contribution is 2.34. The molecular formula is C20H19N3O6S2. The zero-order valence-corrected chi connectivity index (χ0v) is 18.3. The number of fused-ring (bicyclic) bond motifs is 1. The average Bonchev–Trinajstić information content (AvgIpc) is 3.34. The smallest absolute Gasteiger partial charge is 0.271 e. The van der Waals surface area contributed by atoms with Crippen LogP contribution in [0, 0.1) is 6.92 Å². The standard InChI is InChI=1S/C20H19N3O6S2/c1-12-20(21-13(2)24)17(29-22-12)7-4-15-5-8-19(30-15)31(25,26)23-14-3-6-16-18(11-14)28-10-9-27-16/h3-8,11,23H,9-10H2,1-2H3,(H,21,24)/b7-4+. The topological polar surface area (TPSA) is 120 Å². The van der Waals surface area contributed by atoms with E-state index in [2.05, 4.69) is 15.2 Å². The molecule has 0 spiro atoms. The van der Waals surface area contributed by atoms with Crippen LogP contribution in [0.15, 0.2) is 39.1 Å². The number of hydrogen-bond donors (Lipinski definition) is 2. The molecule has 1 amide bonds. The Morgan fingerprint density at radius 3 is 2.68 bits per heavy atom. The van der Waals surface area contributed by atoms with E-state index in [1.165, 1.54) is 13.0 Å². The zero-order chi connectivity index (χ0) is 22.0. The van der Waals surface area contributed by atoms with E-state index in [4.69, 9.17) is 14.0 Å². The number of hydrogen-bond acceptors (Lipinski definition) is 8. The maximum atomic E-state index is 12.8. The predicted molar refractivity (Wildman–Crippen MR) is 117 cm³/mol. The van der Waals surface area contributed by atoms with Gasteiger partial charge in [0, 0.05) is 17.9 Å². The lowest BCUT2D eigenvalue weighted by atomic mass is 10.2. The highest BCUT2D eigenvalue weighted by atomic mass is 32.2. The highest BCUT2D eigenvalue weighted by Gasteiger charge is 2.19. The molecule has 2 N–H and O–H groups in total. The summed E-state index contributed by atoms with van der Waals surface area (Å²) in [5.74, 6) is 1.22. The molecule has 2 aromatic heterocycles. The minimum atomic E-state index is -3.78. The molecule has 31 heavy (non-hydrogen) atoms. The third kappa shape index (κ3) is 4.72. The Morgan fingerprint density at radius 1 is 1.13 bits per heavy atom. The molecule has 1 aromatic carbocycles. The van der Waals surface area contributed by atoms with Crippen molar-refractivity contribution in [3.8, 4) is 11.5 Å². The summed E-state index contributed by atoms with van der Waals surface area (Å²) in [5.41, 5.74) is 1.41. The van der Waals surface area contributed by atoms with E-state index in [0.29, 0.717) is 52.4 Å². The number of carbonyl (C=O) groups excluding carboxylic acids is 1. The molecule has 0 aliphatic carbocycles. The van der Waals surface area contributed by atoms with Gasteiger partial charge >= 0.3 is 0 Å². The third-order valence-electron chi connectivity index (χ3n) is 4.25. The van der Waals surface area contributed by atoms with Gasteiger partial charge in [-0.1, -0.05) is 5.16 Å². The zero-order valence-electron chi connectivity index (χ0n) is 16.7. The van der Waals surface area contributed by atoms with Crippen molar-refractivity contribution in [2.24, 2.45) is 0 Å². The lowest BCUT2D eigenvalue weighted by Gasteiger charge is -2.19. The molecule has 1 aliphatic heterocycles. The number of carbonyl (C=O) groups is 1. The lowest BCUT2D eigenvalue weighted by Crippen LogP contribution is -2.16. The normalized spacial score (nSPS) is 13.4. The lowest BCUT2D eigenvalue weighted by molar-refractivity contribution is -0.114. The van der Waals surface area contributed by atoms with Crippen molar-refractivity contribution in [1.82, 2.24) is 5.16 Å². The fraction of sp³-hybridized carbons (Fsp3) is 0.200. The van der Waals surface area contributed by atoms with Crippen molar-refractivity contribution < 1.29 is 27.2 Å². The molecule has 0 fully saturated rings. The molecule has 0 bridgehead atoms. The van der Waals surface area contributed by atoms with Crippen LogP contribution < -0.4 is 19.5 Å². The van der Waals surface area contributed by atoms with E-state index < -0.39 is 10.0 Å². The number of aryl methyl sites for hydroxylation is 1. The average molecular weight is 462 g/mol. The Bertz CT molecular complexity index is 1260. The first-order valence-electron chi connectivity index (χ1n) is 9.26. The van der Waals surface area contributed by atoms with Gasteiger partial charge in [-0.15, -0.1) is 11.3 Å². The van der Waals surface area contributed by atoms with Gasteiger partial charge in [0.1, 0.15) is 28.8 Å². The first-order valence-corrected chi connectivity index (χ1v) is 11.6. The quantitative estimate of drug-likeness (QED) is 0.574. The number of aromatic nitrogens is 1. The molecule has 4 rings (SSSR count). The highest BCUT2D eigenvalue weighted by molar-refractivity contribution is 7.94. The number of rotatable bonds is 6. The van der Waals surface area contributed by atoms with E-state index in [0.717, 1.165) is 11.3 Å². The van der Waals surface area contributed by atoms with Gasteiger partial charge in [0.2, 0.25) is 5.91 Å². The molecule has 0 radical (unpaired) electrons. The molecule has 0 saturated carbocycles. The van der Waals surface area contributed by atoms with E-state index in [-0.39, 0.29) is 10.1 Å². The van der Waals surface area contributed by atoms with E-state index in [1.54, 1.807) is 43.3 Å². The van der Waals surface area contributed by atoms with Gasteiger partial charge in [-0.25, -0.2) is 8.42 Å². The predicted octanol–water partition coefficient (Wildman–Crippen LogP) is 3.75. The maximum absolute atomic E-state index is 12.8. The largest absolute Gasteiger partial charge is 0.486 e. The van der Waals surface area contributed by atoms with Crippen LogP contribution in [0.5, 0.6) is 11.5 Å². The summed E-state index contributed by atoms with van der Waals surface area (Å²) in [7, 11) is -3.78. The second kappa shape index (κ2) is 8.44. The van der Waals surface area contributed by atoms with Gasteiger partial charge in [-0.05, 0) is 43.3 Å². The minimum absolute atomic E-state index is 0.151. The number of nitrogens with zero attached hydrogens (tertiary/aromatic N) is 1. The Morgan fingerprint density at radius 2 is 1.90 bits per heavy atom. The summed E-state index contributed by atoms with van der Waals surface area (Å²) in [6.07, 6.45) is 3.32. The molecule has 3 aromatic rings. The molecule has 3 heterocycles. The van der Waals surface area contributed by atoms with Crippen molar-refractivity contribution in [2.45, 2.75) is 18.1 Å². The Balaban J connectivity index is 1.50. The SMILES string of the molecule is CC(=O)Nc1c(C)noc1/C=C/c1ccc(S(=O)(=O)Nc2ccc3c(c2)OCCO3)s1. The number of amides is 1. The van der Waals surface area contributed by atoms with Crippen LogP contribution in [0.3, 0.4) is 0 Å². The monoisotopic (exact) mass is 461 g/mol.